The molecule has 11 heteroatoms. The van der Waals surface area contributed by atoms with E-state index in [4.69, 9.17) is 22.6 Å². The van der Waals surface area contributed by atoms with Gasteiger partial charge in [0.2, 0.25) is 11.6 Å². The van der Waals surface area contributed by atoms with E-state index < -0.39 is 37.1 Å². The third kappa shape index (κ3) is 7.38. The van der Waals surface area contributed by atoms with Gasteiger partial charge in [-0.1, -0.05) is 44.5 Å². The van der Waals surface area contributed by atoms with Crippen LogP contribution in [-0.2, 0) is 15.6 Å². The van der Waals surface area contributed by atoms with Gasteiger partial charge in [0.25, 0.3) is 11.6 Å². The van der Waals surface area contributed by atoms with Gasteiger partial charge in [0.15, 0.2) is 8.32 Å². The Morgan fingerprint density at radius 2 is 1.76 bits per heavy atom. The van der Waals surface area contributed by atoms with Crippen molar-refractivity contribution in [2.24, 2.45) is 5.92 Å². The highest BCUT2D eigenvalue weighted by Crippen LogP contribution is 2.39. The average molecular weight is 545 g/mol. The van der Waals surface area contributed by atoms with Crippen LogP contribution in [0.2, 0.25) is 23.2 Å². The Morgan fingerprint density at radius 1 is 1.16 bits per heavy atom. The predicted molar refractivity (Wildman–Crippen MR) is 146 cm³/mol. The molecule has 0 saturated heterocycles. The fourth-order valence-electron chi connectivity index (χ4n) is 3.47. The van der Waals surface area contributed by atoms with Crippen molar-refractivity contribution in [3.63, 3.8) is 0 Å². The Kier molecular flexibility index (Phi) is 9.60. The van der Waals surface area contributed by atoms with E-state index in [9.17, 15) is 19.7 Å². The fourth-order valence-corrected chi connectivity index (χ4v) is 5.14. The van der Waals surface area contributed by atoms with Crippen LogP contribution < -0.4 is 10.9 Å². The SMILES string of the molecule is [C-]#[N+]c1ccc(C[C@@H](C(=O)NNC(=O)c2ccc([N+](=O)[O-])cc2)[C@H](C)O[Si](C)(C)C(C)(C)C)c(C)c1Cl. The molecule has 37 heavy (non-hydrogen) atoms. The molecule has 0 fully saturated rings. The number of nitro groups is 1. The maximum atomic E-state index is 13.4. The van der Waals surface area contributed by atoms with E-state index in [1.54, 1.807) is 19.1 Å². The molecule has 9 nitrogen and oxygen atoms in total. The summed E-state index contributed by atoms with van der Waals surface area (Å²) >= 11 is 6.37. The smallest absolute Gasteiger partial charge is 0.269 e. The number of nitrogens with one attached hydrogen (secondary N) is 2. The molecule has 0 saturated carbocycles. The molecule has 2 atom stereocenters. The molecule has 2 amide bonds. The standard InChI is InChI=1S/C26H33ClN4O5Si/c1-16-19(11-14-22(28-6)23(16)27)15-21(17(2)36-37(7,8)26(3,4)5)25(33)30-29-24(32)18-9-12-20(13-10-18)31(34)35/h9-14,17,21H,15H2,1-5,7-8H3,(H,29,32)(H,30,33)/t17-,21+/m0/s1. The summed E-state index contributed by atoms with van der Waals surface area (Å²) in [4.78, 5) is 39.6. The Hall–Kier alpha value is -3.26. The Bertz CT molecular complexity index is 1220. The molecule has 0 aromatic heterocycles. The number of nitrogens with zero attached hydrogens (tertiary/aromatic N) is 2. The number of halogens is 1. The lowest BCUT2D eigenvalue weighted by atomic mass is 9.91. The maximum absolute atomic E-state index is 13.4. The summed E-state index contributed by atoms with van der Waals surface area (Å²) in [5, 5.41) is 11.1. The van der Waals surface area contributed by atoms with E-state index in [2.05, 4.69) is 49.6 Å². The molecule has 0 aliphatic heterocycles. The third-order valence-corrected chi connectivity index (χ3v) is 11.9. The molecule has 2 N–H and O–H groups in total. The maximum Gasteiger partial charge on any atom is 0.269 e. The Labute approximate surface area is 223 Å². The molecule has 0 spiro atoms. The summed E-state index contributed by atoms with van der Waals surface area (Å²) in [5.41, 5.74) is 6.73. The van der Waals surface area contributed by atoms with Crippen molar-refractivity contribution < 1.29 is 18.9 Å². The molecular formula is C26H33ClN4O5Si. The van der Waals surface area contributed by atoms with E-state index >= 15 is 0 Å². The lowest BCUT2D eigenvalue weighted by Gasteiger charge is -2.40. The minimum atomic E-state index is -2.23. The van der Waals surface area contributed by atoms with Crippen LogP contribution in [0.1, 0.15) is 49.2 Å². The van der Waals surface area contributed by atoms with E-state index in [-0.39, 0.29) is 22.7 Å². The zero-order chi connectivity index (χ0) is 28.1. The third-order valence-electron chi connectivity index (χ3n) is 6.87. The summed E-state index contributed by atoms with van der Waals surface area (Å²) in [6.07, 6.45) is -0.213. The van der Waals surface area contributed by atoms with Crippen molar-refractivity contribution in [2.75, 3.05) is 0 Å². The molecule has 0 bridgehead atoms. The monoisotopic (exact) mass is 544 g/mol. The van der Waals surface area contributed by atoms with Crippen molar-refractivity contribution in [1.82, 2.24) is 10.9 Å². The van der Waals surface area contributed by atoms with Gasteiger partial charge in [-0.25, -0.2) is 4.85 Å². The van der Waals surface area contributed by atoms with Gasteiger partial charge in [-0.3, -0.25) is 30.6 Å². The predicted octanol–water partition coefficient (Wildman–Crippen LogP) is 6.14. The van der Waals surface area contributed by atoms with Crippen LogP contribution in [0, 0.1) is 29.5 Å². The van der Waals surface area contributed by atoms with Gasteiger partial charge in [-0.15, -0.1) is 0 Å². The van der Waals surface area contributed by atoms with E-state index in [1.165, 1.54) is 24.3 Å². The first kappa shape index (κ1) is 30.0. The van der Waals surface area contributed by atoms with Gasteiger partial charge in [0.1, 0.15) is 0 Å². The zero-order valence-corrected chi connectivity index (χ0v) is 23.9. The summed E-state index contributed by atoms with van der Waals surface area (Å²) in [7, 11) is -2.23. The van der Waals surface area contributed by atoms with Crippen molar-refractivity contribution in [3.05, 3.63) is 79.6 Å². The molecule has 2 aromatic carbocycles. The number of hydrogen-bond donors (Lipinski definition) is 2. The van der Waals surface area contributed by atoms with Crippen molar-refractivity contribution >= 4 is 43.1 Å². The molecule has 0 aliphatic carbocycles. The van der Waals surface area contributed by atoms with Crippen LogP contribution in [0.3, 0.4) is 0 Å². The lowest BCUT2D eigenvalue weighted by molar-refractivity contribution is -0.384. The highest BCUT2D eigenvalue weighted by atomic mass is 35.5. The van der Waals surface area contributed by atoms with Gasteiger partial charge in [-0.2, -0.15) is 0 Å². The molecule has 2 rings (SSSR count). The largest absolute Gasteiger partial charge is 0.413 e. The number of benzene rings is 2. The fraction of sp³-hybridized carbons (Fsp3) is 0.423. The molecule has 2 aromatic rings. The topological polar surface area (TPSA) is 115 Å². The second-order valence-electron chi connectivity index (χ2n) is 10.4. The summed E-state index contributed by atoms with van der Waals surface area (Å²) in [5.74, 6) is -1.74. The number of non-ortho nitro benzene ring substituents is 1. The number of carbonyl (C=O) groups is 2. The number of nitro benzene ring substituents is 1. The van der Waals surface area contributed by atoms with Crippen molar-refractivity contribution in [2.45, 2.75) is 65.3 Å². The first-order valence-electron chi connectivity index (χ1n) is 11.8. The molecule has 198 valence electrons. The van der Waals surface area contributed by atoms with Gasteiger partial charge in [0, 0.05) is 17.7 Å². The molecule has 0 radical (unpaired) electrons. The second kappa shape index (κ2) is 11.9. The van der Waals surface area contributed by atoms with Gasteiger partial charge in [0.05, 0.1) is 28.5 Å². The average Bonchev–Trinajstić information content (AvgIpc) is 2.82. The quantitative estimate of drug-likeness (QED) is 0.179. The summed E-state index contributed by atoms with van der Waals surface area (Å²) in [6.45, 7) is 21.4. The van der Waals surface area contributed by atoms with Crippen LogP contribution in [0.5, 0.6) is 0 Å². The van der Waals surface area contributed by atoms with Crippen molar-refractivity contribution in [1.29, 1.82) is 0 Å². The number of amides is 2. The van der Waals surface area contributed by atoms with Crippen molar-refractivity contribution in [3.8, 4) is 0 Å². The summed E-state index contributed by atoms with van der Waals surface area (Å²) < 4.78 is 6.52. The van der Waals surface area contributed by atoms with Crippen LogP contribution >= 0.6 is 11.6 Å². The number of hydrogen-bond acceptors (Lipinski definition) is 5. The molecular weight excluding hydrogens is 512 g/mol. The zero-order valence-electron chi connectivity index (χ0n) is 22.1. The molecule has 0 heterocycles. The van der Waals surface area contributed by atoms with Gasteiger partial charge >= 0.3 is 0 Å². The van der Waals surface area contributed by atoms with Gasteiger partial charge in [-0.05, 0) is 61.7 Å². The Balaban J connectivity index is 2.28. The normalized spacial score (nSPS) is 13.3. The van der Waals surface area contributed by atoms with Crippen LogP contribution in [0.25, 0.3) is 4.85 Å². The number of carbonyl (C=O) groups excluding carboxylic acids is 2. The van der Waals surface area contributed by atoms with Gasteiger partial charge < -0.3 is 4.43 Å². The first-order valence-corrected chi connectivity index (χ1v) is 15.1. The lowest BCUT2D eigenvalue weighted by Crippen LogP contribution is -2.51. The minimum Gasteiger partial charge on any atom is -0.413 e. The molecule has 0 aliphatic rings. The summed E-state index contributed by atoms with van der Waals surface area (Å²) in [6, 6.07) is 8.46. The number of rotatable bonds is 8. The van der Waals surface area contributed by atoms with E-state index in [0.29, 0.717) is 16.3 Å². The highest BCUT2D eigenvalue weighted by Gasteiger charge is 2.41. The van der Waals surface area contributed by atoms with Crippen LogP contribution in [0.15, 0.2) is 36.4 Å². The highest BCUT2D eigenvalue weighted by molar-refractivity contribution is 6.74. The Morgan fingerprint density at radius 3 is 2.27 bits per heavy atom. The van der Waals surface area contributed by atoms with Crippen LogP contribution in [-0.4, -0.2) is 31.2 Å². The van der Waals surface area contributed by atoms with E-state index in [1.807, 2.05) is 6.92 Å². The number of hydrazine groups is 1. The minimum absolute atomic E-state index is 0.0804. The second-order valence-corrected chi connectivity index (χ2v) is 15.6. The first-order chi connectivity index (χ1) is 17.1. The molecule has 0 unspecified atom stereocenters. The van der Waals surface area contributed by atoms with E-state index in [0.717, 1.165) is 5.56 Å². The van der Waals surface area contributed by atoms with Crippen LogP contribution in [0.4, 0.5) is 11.4 Å².